The van der Waals surface area contributed by atoms with Crippen LogP contribution in [0.15, 0.2) is 47.7 Å². The SMILES string of the molecule is O=C(/N=C1\SCCN1c1c(O)cccc1Cl)c1c[nH]c2ncccc12. The Bertz CT molecular complexity index is 981. The van der Waals surface area contributed by atoms with Crippen molar-refractivity contribution in [2.24, 2.45) is 4.99 Å². The van der Waals surface area contributed by atoms with E-state index in [1.54, 1.807) is 41.6 Å². The molecule has 1 aromatic carbocycles. The van der Waals surface area contributed by atoms with Gasteiger partial charge in [0.05, 0.1) is 10.6 Å². The quantitative estimate of drug-likeness (QED) is 0.717. The number of phenols is 1. The molecule has 0 atom stereocenters. The topological polar surface area (TPSA) is 81.6 Å². The second kappa shape index (κ2) is 6.42. The molecule has 25 heavy (non-hydrogen) atoms. The summed E-state index contributed by atoms with van der Waals surface area (Å²) < 4.78 is 0. The number of H-pyrrole nitrogens is 1. The predicted octanol–water partition coefficient (Wildman–Crippen LogP) is 3.67. The number of carbonyl (C=O) groups is 1. The number of aromatic nitrogens is 2. The molecule has 0 spiro atoms. The van der Waals surface area contributed by atoms with E-state index in [1.165, 1.54) is 11.8 Å². The van der Waals surface area contributed by atoms with Gasteiger partial charge < -0.3 is 15.0 Å². The van der Waals surface area contributed by atoms with E-state index in [9.17, 15) is 9.90 Å². The second-order valence-electron chi connectivity index (χ2n) is 5.41. The number of amidine groups is 1. The number of fused-ring (bicyclic) bond motifs is 1. The van der Waals surface area contributed by atoms with Crippen molar-refractivity contribution < 1.29 is 9.90 Å². The molecule has 1 aliphatic heterocycles. The maximum atomic E-state index is 12.7. The number of benzene rings is 1. The predicted molar refractivity (Wildman–Crippen MR) is 101 cm³/mol. The van der Waals surface area contributed by atoms with Crippen LogP contribution in [0.1, 0.15) is 10.4 Å². The highest BCUT2D eigenvalue weighted by molar-refractivity contribution is 8.14. The normalized spacial score (nSPS) is 16.0. The van der Waals surface area contributed by atoms with Crippen LogP contribution in [-0.2, 0) is 0 Å². The van der Waals surface area contributed by atoms with E-state index < -0.39 is 0 Å². The summed E-state index contributed by atoms with van der Waals surface area (Å²) in [6.45, 7) is 0.615. The van der Waals surface area contributed by atoms with Crippen LogP contribution in [0.25, 0.3) is 11.0 Å². The zero-order valence-electron chi connectivity index (χ0n) is 12.9. The third kappa shape index (κ3) is 2.85. The van der Waals surface area contributed by atoms with Crippen LogP contribution >= 0.6 is 23.4 Å². The maximum Gasteiger partial charge on any atom is 0.281 e. The molecule has 1 aliphatic rings. The van der Waals surface area contributed by atoms with Crippen molar-refractivity contribution in [1.29, 1.82) is 0 Å². The molecule has 1 fully saturated rings. The first-order chi connectivity index (χ1) is 12.1. The molecule has 3 aromatic rings. The monoisotopic (exact) mass is 372 g/mol. The molecule has 1 saturated heterocycles. The molecular weight excluding hydrogens is 360 g/mol. The van der Waals surface area contributed by atoms with E-state index >= 15 is 0 Å². The largest absolute Gasteiger partial charge is 0.506 e. The lowest BCUT2D eigenvalue weighted by molar-refractivity contribution is 0.100. The summed E-state index contributed by atoms with van der Waals surface area (Å²) in [7, 11) is 0. The molecule has 2 N–H and O–H groups in total. The summed E-state index contributed by atoms with van der Waals surface area (Å²) >= 11 is 7.68. The molecule has 6 nitrogen and oxygen atoms in total. The van der Waals surface area contributed by atoms with Gasteiger partial charge in [-0.25, -0.2) is 4.98 Å². The van der Waals surface area contributed by atoms with E-state index in [-0.39, 0.29) is 11.7 Å². The number of phenolic OH excluding ortho intramolecular Hbond substituents is 1. The van der Waals surface area contributed by atoms with Crippen LogP contribution in [-0.4, -0.2) is 38.4 Å². The number of nitrogens with one attached hydrogen (secondary N) is 1. The van der Waals surface area contributed by atoms with Crippen molar-refractivity contribution >= 4 is 51.2 Å². The molecule has 0 unspecified atom stereocenters. The van der Waals surface area contributed by atoms with E-state index in [0.717, 1.165) is 11.1 Å². The molecule has 8 heteroatoms. The fourth-order valence-electron chi connectivity index (χ4n) is 2.75. The number of halogens is 1. The van der Waals surface area contributed by atoms with Gasteiger partial charge in [0.2, 0.25) is 0 Å². The van der Waals surface area contributed by atoms with E-state index in [1.807, 2.05) is 6.07 Å². The molecule has 0 aliphatic carbocycles. The molecular formula is C17H13ClN4O2S. The van der Waals surface area contributed by atoms with Crippen LogP contribution in [0.3, 0.4) is 0 Å². The van der Waals surface area contributed by atoms with Gasteiger partial charge in [-0.2, -0.15) is 4.99 Å². The number of aromatic hydroxyl groups is 1. The number of aromatic amines is 1. The summed E-state index contributed by atoms with van der Waals surface area (Å²) in [5.41, 5.74) is 1.58. The first kappa shape index (κ1) is 16.0. The lowest BCUT2D eigenvalue weighted by Crippen LogP contribution is -2.25. The minimum absolute atomic E-state index is 0.0615. The van der Waals surface area contributed by atoms with Crippen molar-refractivity contribution in [3.8, 4) is 5.75 Å². The molecule has 0 saturated carbocycles. The molecule has 2 aromatic heterocycles. The summed E-state index contributed by atoms with van der Waals surface area (Å²) in [5, 5.41) is 11.8. The fourth-order valence-corrected chi connectivity index (χ4v) is 3.97. The van der Waals surface area contributed by atoms with E-state index in [0.29, 0.717) is 33.6 Å². The fraction of sp³-hybridized carbons (Fsp3) is 0.118. The first-order valence-electron chi connectivity index (χ1n) is 7.58. The number of hydrogen-bond donors (Lipinski definition) is 2. The van der Waals surface area contributed by atoms with Gasteiger partial charge in [-0.05, 0) is 24.3 Å². The van der Waals surface area contributed by atoms with Crippen LogP contribution in [0.5, 0.6) is 5.75 Å². The highest BCUT2D eigenvalue weighted by Crippen LogP contribution is 2.38. The van der Waals surface area contributed by atoms with Crippen LogP contribution in [0.4, 0.5) is 5.69 Å². The second-order valence-corrected chi connectivity index (χ2v) is 6.88. The van der Waals surface area contributed by atoms with Crippen molar-refractivity contribution in [2.75, 3.05) is 17.2 Å². The average molecular weight is 373 g/mol. The Labute approximate surface area is 152 Å². The van der Waals surface area contributed by atoms with Gasteiger partial charge in [0.15, 0.2) is 5.17 Å². The number of aliphatic imine (C=N–C) groups is 1. The third-order valence-corrected chi connectivity index (χ3v) is 5.15. The summed E-state index contributed by atoms with van der Waals surface area (Å²) in [6.07, 6.45) is 3.27. The molecule has 126 valence electrons. The zero-order chi connectivity index (χ0) is 17.4. The van der Waals surface area contributed by atoms with Gasteiger partial charge in [-0.3, -0.25) is 4.79 Å². The Morgan fingerprint density at radius 3 is 3.08 bits per heavy atom. The Morgan fingerprint density at radius 1 is 1.36 bits per heavy atom. The smallest absolute Gasteiger partial charge is 0.281 e. The molecule has 0 radical (unpaired) electrons. The number of thioether (sulfide) groups is 1. The number of nitrogens with zero attached hydrogens (tertiary/aromatic N) is 3. The Hall–Kier alpha value is -2.51. The minimum Gasteiger partial charge on any atom is -0.506 e. The first-order valence-corrected chi connectivity index (χ1v) is 8.94. The minimum atomic E-state index is -0.361. The molecule has 4 rings (SSSR count). The Kier molecular flexibility index (Phi) is 4.10. The van der Waals surface area contributed by atoms with Crippen LogP contribution in [0, 0.1) is 0 Å². The van der Waals surface area contributed by atoms with Crippen LogP contribution < -0.4 is 4.90 Å². The number of anilines is 1. The highest BCUT2D eigenvalue weighted by Gasteiger charge is 2.27. The van der Waals surface area contributed by atoms with Crippen LogP contribution in [0.2, 0.25) is 5.02 Å². The number of para-hydroxylation sites is 1. The average Bonchev–Trinajstić information content (AvgIpc) is 3.22. The van der Waals surface area contributed by atoms with Gasteiger partial charge in [0, 0.05) is 30.1 Å². The van der Waals surface area contributed by atoms with Gasteiger partial charge in [0.25, 0.3) is 5.91 Å². The maximum absolute atomic E-state index is 12.7. The van der Waals surface area contributed by atoms with E-state index in [4.69, 9.17) is 11.6 Å². The number of hydrogen-bond acceptors (Lipinski definition) is 4. The van der Waals surface area contributed by atoms with Crippen molar-refractivity contribution in [3.05, 3.63) is 53.3 Å². The van der Waals surface area contributed by atoms with Crippen molar-refractivity contribution in [3.63, 3.8) is 0 Å². The standard InChI is InChI=1S/C17H13ClN4O2S/c18-12-4-1-5-13(23)14(12)22-7-8-25-17(22)21-16(24)11-9-20-15-10(11)3-2-6-19-15/h1-6,9,23H,7-8H2,(H,19,20)/b21-17-. The molecule has 3 heterocycles. The van der Waals surface area contributed by atoms with Gasteiger partial charge in [-0.1, -0.05) is 29.4 Å². The Morgan fingerprint density at radius 2 is 2.24 bits per heavy atom. The lowest BCUT2D eigenvalue weighted by atomic mass is 10.2. The van der Waals surface area contributed by atoms with Crippen molar-refractivity contribution in [2.45, 2.75) is 0 Å². The third-order valence-electron chi connectivity index (χ3n) is 3.89. The summed E-state index contributed by atoms with van der Waals surface area (Å²) in [4.78, 5) is 25.8. The molecule has 0 bridgehead atoms. The number of pyridine rings is 1. The number of carbonyl (C=O) groups excluding carboxylic acids is 1. The summed E-state index contributed by atoms with van der Waals surface area (Å²) in [6, 6.07) is 8.54. The van der Waals surface area contributed by atoms with Gasteiger partial charge in [-0.15, -0.1) is 0 Å². The Balaban J connectivity index is 1.71. The van der Waals surface area contributed by atoms with Gasteiger partial charge in [0.1, 0.15) is 17.1 Å². The summed E-state index contributed by atoms with van der Waals surface area (Å²) in [5.74, 6) is 0.457. The number of rotatable bonds is 2. The van der Waals surface area contributed by atoms with Gasteiger partial charge >= 0.3 is 0 Å². The number of amides is 1. The highest BCUT2D eigenvalue weighted by atomic mass is 35.5. The zero-order valence-corrected chi connectivity index (χ0v) is 14.5. The van der Waals surface area contributed by atoms with E-state index in [2.05, 4.69) is 15.0 Å². The van der Waals surface area contributed by atoms with Crippen molar-refractivity contribution in [1.82, 2.24) is 9.97 Å². The molecule has 1 amide bonds. The lowest BCUT2D eigenvalue weighted by Gasteiger charge is -2.20.